The van der Waals surface area contributed by atoms with Gasteiger partial charge in [0.1, 0.15) is 0 Å². The van der Waals surface area contributed by atoms with Crippen molar-refractivity contribution in [3.8, 4) is 0 Å². The van der Waals surface area contributed by atoms with E-state index in [1.54, 1.807) is 0 Å². The third-order valence-corrected chi connectivity index (χ3v) is 4.34. The predicted molar refractivity (Wildman–Crippen MR) is 98.3 cm³/mol. The molecule has 0 aromatic heterocycles. The van der Waals surface area contributed by atoms with Crippen molar-refractivity contribution >= 4 is 0 Å². The molecule has 22 heavy (non-hydrogen) atoms. The van der Waals surface area contributed by atoms with Gasteiger partial charge >= 0.3 is 0 Å². The molecule has 1 unspecified atom stereocenters. The first-order chi connectivity index (χ1) is 10.9. The van der Waals surface area contributed by atoms with E-state index in [-0.39, 0.29) is 0 Å². The lowest BCUT2D eigenvalue weighted by molar-refractivity contribution is 0.439. The molecule has 0 radical (unpaired) electrons. The number of rotatable bonds is 16. The molecule has 1 nitrogen and oxygen atoms in total. The fraction of sp³-hybridized carbons (Fsp3) is 0.810. The molecule has 1 heterocycles. The van der Waals surface area contributed by atoms with Crippen molar-refractivity contribution in [1.29, 1.82) is 0 Å². The molecule has 1 rings (SSSR count). The Morgan fingerprint density at radius 1 is 0.682 bits per heavy atom. The number of allylic oxidation sites excluding steroid dienone is 3. The molecule has 128 valence electrons. The summed E-state index contributed by atoms with van der Waals surface area (Å²) in [6, 6.07) is 0. The highest BCUT2D eigenvalue weighted by atomic mass is 16.6. The maximum Gasteiger partial charge on any atom is 0.0991 e. The maximum absolute atomic E-state index is 5.14. The standard InChI is InChI=1S/C21H38O/c1-2-3-4-5-6-7-8-9-10-11-12-13-14-15-16-17-18-19-21-20-22-21/h12-13,18-19,21H,2-11,14-17,20H2,1H3. The Morgan fingerprint density at radius 2 is 1.14 bits per heavy atom. The van der Waals surface area contributed by atoms with Gasteiger partial charge in [-0.05, 0) is 38.5 Å². The third-order valence-electron chi connectivity index (χ3n) is 4.34. The number of ether oxygens (including phenoxy) is 1. The van der Waals surface area contributed by atoms with Crippen LogP contribution in [-0.2, 0) is 4.74 Å². The van der Waals surface area contributed by atoms with Gasteiger partial charge in [0.2, 0.25) is 0 Å². The summed E-state index contributed by atoms with van der Waals surface area (Å²) < 4.78 is 5.14. The molecule has 1 aliphatic heterocycles. The average Bonchev–Trinajstić information content (AvgIpc) is 3.34. The predicted octanol–water partition coefficient (Wildman–Crippen LogP) is 6.98. The SMILES string of the molecule is CCCCCCCCCCCC=CCCCCC=CC1CO1. The smallest absolute Gasteiger partial charge is 0.0991 e. The molecule has 1 aliphatic rings. The Bertz CT molecular complexity index is 276. The lowest BCUT2D eigenvalue weighted by Crippen LogP contribution is -1.80. The fourth-order valence-corrected chi connectivity index (χ4v) is 2.75. The zero-order valence-corrected chi connectivity index (χ0v) is 14.9. The van der Waals surface area contributed by atoms with Gasteiger partial charge in [0, 0.05) is 0 Å². The van der Waals surface area contributed by atoms with Crippen LogP contribution in [0.3, 0.4) is 0 Å². The summed E-state index contributed by atoms with van der Waals surface area (Å²) in [6.45, 7) is 3.23. The minimum absolute atomic E-state index is 0.455. The Labute approximate surface area is 139 Å². The number of hydrogen-bond donors (Lipinski definition) is 0. The first-order valence-corrected chi connectivity index (χ1v) is 9.86. The van der Waals surface area contributed by atoms with E-state index in [0.717, 1.165) is 6.61 Å². The molecule has 0 aromatic carbocycles. The van der Waals surface area contributed by atoms with Crippen LogP contribution >= 0.6 is 0 Å². The van der Waals surface area contributed by atoms with Crippen molar-refractivity contribution in [1.82, 2.24) is 0 Å². The average molecular weight is 307 g/mol. The Balaban J connectivity index is 1.69. The minimum atomic E-state index is 0.455. The maximum atomic E-state index is 5.14. The summed E-state index contributed by atoms with van der Waals surface area (Å²) in [5, 5.41) is 0. The van der Waals surface area contributed by atoms with E-state index in [9.17, 15) is 0 Å². The molecule has 1 saturated heterocycles. The van der Waals surface area contributed by atoms with E-state index in [1.165, 1.54) is 89.9 Å². The molecule has 0 aromatic rings. The molecule has 0 aliphatic carbocycles. The van der Waals surface area contributed by atoms with Crippen LogP contribution in [0.1, 0.15) is 96.8 Å². The summed E-state index contributed by atoms with van der Waals surface area (Å²) in [6.07, 6.45) is 29.0. The van der Waals surface area contributed by atoms with Gasteiger partial charge in [0.15, 0.2) is 0 Å². The van der Waals surface area contributed by atoms with Crippen LogP contribution in [0.2, 0.25) is 0 Å². The molecule has 1 atom stereocenters. The van der Waals surface area contributed by atoms with Gasteiger partial charge in [0.25, 0.3) is 0 Å². The van der Waals surface area contributed by atoms with Crippen LogP contribution in [0.25, 0.3) is 0 Å². The topological polar surface area (TPSA) is 12.5 Å². The van der Waals surface area contributed by atoms with Crippen LogP contribution in [0.5, 0.6) is 0 Å². The van der Waals surface area contributed by atoms with Crippen molar-refractivity contribution in [2.45, 2.75) is 103 Å². The van der Waals surface area contributed by atoms with Gasteiger partial charge in [-0.15, -0.1) is 0 Å². The van der Waals surface area contributed by atoms with E-state index in [4.69, 9.17) is 4.74 Å². The molecule has 1 heteroatoms. The van der Waals surface area contributed by atoms with Crippen molar-refractivity contribution in [2.75, 3.05) is 6.61 Å². The zero-order valence-electron chi connectivity index (χ0n) is 14.9. The van der Waals surface area contributed by atoms with E-state index in [2.05, 4.69) is 31.2 Å². The Hall–Kier alpha value is -0.560. The van der Waals surface area contributed by atoms with E-state index < -0.39 is 0 Å². The first-order valence-electron chi connectivity index (χ1n) is 9.86. The number of epoxide rings is 1. The van der Waals surface area contributed by atoms with Gasteiger partial charge in [-0.3, -0.25) is 0 Å². The molecular formula is C21H38O. The van der Waals surface area contributed by atoms with E-state index in [1.807, 2.05) is 0 Å². The molecule has 0 N–H and O–H groups in total. The van der Waals surface area contributed by atoms with Crippen LogP contribution in [0.15, 0.2) is 24.3 Å². The lowest BCUT2D eigenvalue weighted by atomic mass is 10.1. The van der Waals surface area contributed by atoms with Crippen LogP contribution < -0.4 is 0 Å². The highest BCUT2D eigenvalue weighted by Gasteiger charge is 2.17. The summed E-state index contributed by atoms with van der Waals surface area (Å²) in [5.41, 5.74) is 0. The largest absolute Gasteiger partial charge is 0.369 e. The molecule has 1 fully saturated rings. The minimum Gasteiger partial charge on any atom is -0.369 e. The summed E-state index contributed by atoms with van der Waals surface area (Å²) in [4.78, 5) is 0. The van der Waals surface area contributed by atoms with Crippen molar-refractivity contribution in [2.24, 2.45) is 0 Å². The monoisotopic (exact) mass is 306 g/mol. The summed E-state index contributed by atoms with van der Waals surface area (Å²) >= 11 is 0. The zero-order chi connectivity index (χ0) is 15.7. The third kappa shape index (κ3) is 14.4. The quantitative estimate of drug-likeness (QED) is 0.170. The second-order valence-electron chi connectivity index (χ2n) is 6.67. The Kier molecular flexibility index (Phi) is 13.6. The second-order valence-corrected chi connectivity index (χ2v) is 6.67. The van der Waals surface area contributed by atoms with Crippen LogP contribution in [0, 0.1) is 0 Å². The first kappa shape index (κ1) is 19.5. The van der Waals surface area contributed by atoms with E-state index in [0.29, 0.717) is 6.10 Å². The van der Waals surface area contributed by atoms with Gasteiger partial charge < -0.3 is 4.74 Å². The number of unbranched alkanes of at least 4 members (excludes halogenated alkanes) is 12. The molecular weight excluding hydrogens is 268 g/mol. The molecule has 0 spiro atoms. The van der Waals surface area contributed by atoms with Crippen molar-refractivity contribution in [3.63, 3.8) is 0 Å². The second kappa shape index (κ2) is 15.3. The van der Waals surface area contributed by atoms with Gasteiger partial charge in [-0.2, -0.15) is 0 Å². The normalized spacial score (nSPS) is 17.8. The Morgan fingerprint density at radius 3 is 1.68 bits per heavy atom. The van der Waals surface area contributed by atoms with E-state index >= 15 is 0 Å². The lowest BCUT2D eigenvalue weighted by Gasteiger charge is -2.00. The molecule has 0 saturated carbocycles. The van der Waals surface area contributed by atoms with Crippen LogP contribution in [0.4, 0.5) is 0 Å². The molecule has 0 amide bonds. The van der Waals surface area contributed by atoms with Gasteiger partial charge in [0.05, 0.1) is 12.7 Å². The van der Waals surface area contributed by atoms with Gasteiger partial charge in [-0.1, -0.05) is 82.6 Å². The van der Waals surface area contributed by atoms with Crippen LogP contribution in [-0.4, -0.2) is 12.7 Å². The fourth-order valence-electron chi connectivity index (χ4n) is 2.75. The summed E-state index contributed by atoms with van der Waals surface area (Å²) in [7, 11) is 0. The van der Waals surface area contributed by atoms with Crippen molar-refractivity contribution < 1.29 is 4.74 Å². The number of hydrogen-bond acceptors (Lipinski definition) is 1. The van der Waals surface area contributed by atoms with Crippen molar-refractivity contribution in [3.05, 3.63) is 24.3 Å². The highest BCUT2D eigenvalue weighted by molar-refractivity contribution is 4.95. The highest BCUT2D eigenvalue weighted by Crippen LogP contribution is 2.12. The summed E-state index contributed by atoms with van der Waals surface area (Å²) in [5.74, 6) is 0. The molecule has 0 bridgehead atoms. The van der Waals surface area contributed by atoms with Gasteiger partial charge in [-0.25, -0.2) is 0 Å².